The van der Waals surface area contributed by atoms with Gasteiger partial charge in [-0.1, -0.05) is 65.8 Å². The zero-order valence-corrected chi connectivity index (χ0v) is 18.8. The highest BCUT2D eigenvalue weighted by molar-refractivity contribution is 7.98. The fourth-order valence-electron chi connectivity index (χ4n) is 2.75. The summed E-state index contributed by atoms with van der Waals surface area (Å²) >= 11 is 8.31. The summed E-state index contributed by atoms with van der Waals surface area (Å²) in [5.74, 6) is -0.0478. The van der Waals surface area contributed by atoms with Gasteiger partial charge in [-0.15, -0.1) is 0 Å². The second kappa shape index (κ2) is 9.51. The summed E-state index contributed by atoms with van der Waals surface area (Å²) in [4.78, 5) is 24.6. The van der Waals surface area contributed by atoms with Gasteiger partial charge < -0.3 is 11.1 Å². The Balaban J connectivity index is 1.70. The lowest BCUT2D eigenvalue weighted by Crippen LogP contribution is -2.43. The SMILES string of the molecule is CC(C)(NC(=O)Nc1snc(SCc2ccc(Cl)cc2)c1C(N)=O)c1ccccc1. The van der Waals surface area contributed by atoms with E-state index in [2.05, 4.69) is 15.0 Å². The second-order valence-corrected chi connectivity index (χ2v) is 9.22. The summed E-state index contributed by atoms with van der Waals surface area (Å²) in [6.45, 7) is 3.80. The van der Waals surface area contributed by atoms with Gasteiger partial charge in [0.05, 0.1) is 5.54 Å². The van der Waals surface area contributed by atoms with Crippen molar-refractivity contribution in [1.29, 1.82) is 0 Å². The number of primary amides is 1. The van der Waals surface area contributed by atoms with Crippen molar-refractivity contribution in [3.05, 3.63) is 76.3 Å². The van der Waals surface area contributed by atoms with Crippen LogP contribution in [-0.4, -0.2) is 16.3 Å². The standard InChI is InChI=1S/C21H21ClN4O2S2/c1-21(2,14-6-4-3-5-7-14)25-20(28)24-18-16(17(23)27)19(26-30-18)29-12-13-8-10-15(22)11-9-13/h3-11H,12H2,1-2H3,(H2,23,27)(H2,24,25,28). The number of nitrogens with zero attached hydrogens (tertiary/aromatic N) is 1. The number of aromatic nitrogens is 1. The van der Waals surface area contributed by atoms with Crippen LogP contribution in [0.4, 0.5) is 9.80 Å². The van der Waals surface area contributed by atoms with Crippen molar-refractivity contribution >= 4 is 51.8 Å². The Bertz CT molecular complexity index is 1040. The number of hydrogen-bond acceptors (Lipinski definition) is 5. The number of thioether (sulfide) groups is 1. The van der Waals surface area contributed by atoms with Gasteiger partial charge in [0, 0.05) is 10.8 Å². The topological polar surface area (TPSA) is 97.1 Å². The first-order valence-electron chi connectivity index (χ1n) is 9.07. The van der Waals surface area contributed by atoms with Gasteiger partial charge in [0.1, 0.15) is 15.6 Å². The molecule has 0 bridgehead atoms. The number of anilines is 1. The van der Waals surface area contributed by atoms with E-state index in [-0.39, 0.29) is 5.56 Å². The average Bonchev–Trinajstić information content (AvgIpc) is 3.10. The molecule has 0 unspecified atom stereocenters. The maximum atomic E-state index is 12.6. The average molecular weight is 461 g/mol. The highest BCUT2D eigenvalue weighted by Crippen LogP contribution is 2.33. The lowest BCUT2D eigenvalue weighted by molar-refractivity contribution is 0.0998. The monoisotopic (exact) mass is 460 g/mol. The number of rotatable bonds is 7. The summed E-state index contributed by atoms with van der Waals surface area (Å²) in [5, 5.41) is 7.10. The van der Waals surface area contributed by atoms with Crippen molar-refractivity contribution in [1.82, 2.24) is 9.69 Å². The molecule has 3 amide bonds. The van der Waals surface area contributed by atoms with E-state index in [9.17, 15) is 9.59 Å². The molecular formula is C21H21ClN4O2S2. The molecule has 3 rings (SSSR count). The van der Waals surface area contributed by atoms with Gasteiger partial charge in [-0.2, -0.15) is 4.37 Å². The van der Waals surface area contributed by atoms with Gasteiger partial charge in [-0.05, 0) is 48.6 Å². The Morgan fingerprint density at radius 2 is 1.80 bits per heavy atom. The minimum absolute atomic E-state index is 0.214. The second-order valence-electron chi connectivity index (χ2n) is 7.04. The van der Waals surface area contributed by atoms with E-state index >= 15 is 0 Å². The molecule has 0 radical (unpaired) electrons. The van der Waals surface area contributed by atoms with Gasteiger partial charge in [-0.25, -0.2) is 4.79 Å². The van der Waals surface area contributed by atoms with E-state index in [1.54, 1.807) is 12.1 Å². The maximum absolute atomic E-state index is 12.6. The van der Waals surface area contributed by atoms with E-state index in [0.717, 1.165) is 22.7 Å². The van der Waals surface area contributed by atoms with Crippen molar-refractivity contribution < 1.29 is 9.59 Å². The Morgan fingerprint density at radius 3 is 2.43 bits per heavy atom. The van der Waals surface area contributed by atoms with E-state index in [1.807, 2.05) is 56.3 Å². The minimum atomic E-state index is -0.639. The van der Waals surface area contributed by atoms with E-state index in [1.165, 1.54) is 11.8 Å². The van der Waals surface area contributed by atoms with Gasteiger partial charge in [0.2, 0.25) is 0 Å². The molecule has 6 nitrogen and oxygen atoms in total. The Morgan fingerprint density at radius 1 is 1.13 bits per heavy atom. The zero-order chi connectivity index (χ0) is 21.7. The number of benzene rings is 2. The van der Waals surface area contributed by atoms with Crippen molar-refractivity contribution in [2.75, 3.05) is 5.32 Å². The molecular weight excluding hydrogens is 440 g/mol. The van der Waals surface area contributed by atoms with Crippen LogP contribution in [0, 0.1) is 0 Å². The molecule has 2 aromatic carbocycles. The highest BCUT2D eigenvalue weighted by atomic mass is 35.5. The minimum Gasteiger partial charge on any atom is -0.365 e. The Hall–Kier alpha value is -2.55. The highest BCUT2D eigenvalue weighted by Gasteiger charge is 2.25. The molecule has 0 fully saturated rings. The lowest BCUT2D eigenvalue weighted by atomic mass is 9.95. The molecule has 0 saturated heterocycles. The smallest absolute Gasteiger partial charge is 0.320 e. The summed E-state index contributed by atoms with van der Waals surface area (Å²) in [5.41, 5.74) is 7.17. The fourth-order valence-corrected chi connectivity index (χ4v) is 4.80. The number of hydrogen-bond donors (Lipinski definition) is 3. The van der Waals surface area contributed by atoms with Crippen LogP contribution in [0.15, 0.2) is 59.6 Å². The molecule has 0 aliphatic rings. The van der Waals surface area contributed by atoms with Crippen LogP contribution in [0.1, 0.15) is 35.3 Å². The van der Waals surface area contributed by atoms with E-state index < -0.39 is 17.5 Å². The maximum Gasteiger partial charge on any atom is 0.320 e. The van der Waals surface area contributed by atoms with Crippen LogP contribution in [-0.2, 0) is 11.3 Å². The largest absolute Gasteiger partial charge is 0.365 e. The van der Waals surface area contributed by atoms with Gasteiger partial charge in [0.15, 0.2) is 0 Å². The quantitative estimate of drug-likeness (QED) is 0.420. The predicted octanol–water partition coefficient (Wildman–Crippen LogP) is 5.24. The molecule has 9 heteroatoms. The van der Waals surface area contributed by atoms with Gasteiger partial charge >= 0.3 is 6.03 Å². The molecule has 0 atom stereocenters. The normalized spacial score (nSPS) is 11.2. The van der Waals surface area contributed by atoms with Crippen molar-refractivity contribution in [3.63, 3.8) is 0 Å². The summed E-state index contributed by atoms with van der Waals surface area (Å²) in [6, 6.07) is 16.6. The van der Waals surface area contributed by atoms with Crippen LogP contribution in [0.2, 0.25) is 5.02 Å². The first-order valence-corrected chi connectivity index (χ1v) is 11.2. The third-order valence-corrected chi connectivity index (χ3v) is 6.52. The summed E-state index contributed by atoms with van der Waals surface area (Å²) in [6.07, 6.45) is 0. The zero-order valence-electron chi connectivity index (χ0n) is 16.4. The molecule has 30 heavy (non-hydrogen) atoms. The molecule has 3 aromatic rings. The summed E-state index contributed by atoms with van der Waals surface area (Å²) in [7, 11) is 0. The Labute approximate surface area is 188 Å². The van der Waals surface area contributed by atoms with Crippen LogP contribution < -0.4 is 16.4 Å². The molecule has 0 saturated carbocycles. The summed E-state index contributed by atoms with van der Waals surface area (Å²) < 4.78 is 4.31. The number of carbonyl (C=O) groups excluding carboxylic acids is 2. The fraction of sp³-hybridized carbons (Fsp3) is 0.190. The number of halogens is 1. The molecule has 4 N–H and O–H groups in total. The molecule has 1 aromatic heterocycles. The first kappa shape index (κ1) is 22.1. The number of amides is 3. The van der Waals surface area contributed by atoms with Crippen LogP contribution >= 0.6 is 34.9 Å². The van der Waals surface area contributed by atoms with E-state index in [0.29, 0.717) is 20.8 Å². The van der Waals surface area contributed by atoms with Crippen molar-refractivity contribution in [2.45, 2.75) is 30.2 Å². The molecule has 156 valence electrons. The lowest BCUT2D eigenvalue weighted by Gasteiger charge is -2.26. The molecule has 0 aliphatic heterocycles. The third-order valence-electron chi connectivity index (χ3n) is 4.34. The van der Waals surface area contributed by atoms with Crippen molar-refractivity contribution in [3.8, 4) is 0 Å². The third kappa shape index (κ3) is 5.53. The number of carbonyl (C=O) groups is 2. The molecule has 0 spiro atoms. The van der Waals surface area contributed by atoms with Crippen LogP contribution in [0.3, 0.4) is 0 Å². The van der Waals surface area contributed by atoms with E-state index in [4.69, 9.17) is 17.3 Å². The van der Waals surface area contributed by atoms with Gasteiger partial charge in [0.25, 0.3) is 5.91 Å². The Kier molecular flexibility index (Phi) is 7.02. The van der Waals surface area contributed by atoms with Crippen LogP contribution in [0.5, 0.6) is 0 Å². The first-order chi connectivity index (χ1) is 14.3. The number of urea groups is 1. The number of nitrogens with two attached hydrogens (primary N) is 1. The van der Waals surface area contributed by atoms with Crippen molar-refractivity contribution in [2.24, 2.45) is 5.73 Å². The van der Waals surface area contributed by atoms with Crippen LogP contribution in [0.25, 0.3) is 0 Å². The van der Waals surface area contributed by atoms with Gasteiger partial charge in [-0.3, -0.25) is 10.1 Å². The molecule has 1 heterocycles. The predicted molar refractivity (Wildman–Crippen MR) is 123 cm³/mol. The number of nitrogens with one attached hydrogen (secondary N) is 2. The molecule has 0 aliphatic carbocycles.